The van der Waals surface area contributed by atoms with E-state index in [1.54, 1.807) is 0 Å². The van der Waals surface area contributed by atoms with Crippen molar-refractivity contribution in [2.24, 2.45) is 11.3 Å². The highest BCUT2D eigenvalue weighted by Crippen LogP contribution is 2.34. The summed E-state index contributed by atoms with van der Waals surface area (Å²) in [6.45, 7) is 4.34. The molecule has 0 radical (unpaired) electrons. The summed E-state index contributed by atoms with van der Waals surface area (Å²) < 4.78 is 0. The highest BCUT2D eigenvalue weighted by molar-refractivity contribution is 6.03. The van der Waals surface area contributed by atoms with Crippen LogP contribution in [0.5, 0.6) is 0 Å². The van der Waals surface area contributed by atoms with Crippen molar-refractivity contribution < 1.29 is 14.7 Å². The van der Waals surface area contributed by atoms with Crippen LogP contribution in [0.4, 0.5) is 0 Å². The predicted octanol–water partition coefficient (Wildman–Crippen LogP) is 0.623. The highest BCUT2D eigenvalue weighted by Gasteiger charge is 2.49. The van der Waals surface area contributed by atoms with Crippen LogP contribution in [0.1, 0.15) is 26.7 Å². The van der Waals surface area contributed by atoms with E-state index in [-0.39, 0.29) is 11.8 Å². The SMILES string of the molecule is CC(C)C[C@]1(C(=O)O)CCNC1=O. The minimum absolute atomic E-state index is 0.222. The molecule has 1 fully saturated rings. The Morgan fingerprint density at radius 3 is 2.62 bits per heavy atom. The fourth-order valence-corrected chi connectivity index (χ4v) is 1.86. The molecular weight excluding hydrogens is 170 g/mol. The number of nitrogens with one attached hydrogen (secondary N) is 1. The molecule has 0 aromatic heterocycles. The molecule has 0 unspecified atom stereocenters. The molecule has 74 valence electrons. The Balaban J connectivity index is 2.87. The van der Waals surface area contributed by atoms with Gasteiger partial charge in [0.1, 0.15) is 5.41 Å². The van der Waals surface area contributed by atoms with Gasteiger partial charge in [0.15, 0.2) is 0 Å². The summed E-state index contributed by atoms with van der Waals surface area (Å²) in [4.78, 5) is 22.4. The van der Waals surface area contributed by atoms with Crippen molar-refractivity contribution in [3.8, 4) is 0 Å². The van der Waals surface area contributed by atoms with Gasteiger partial charge in [0.05, 0.1) is 0 Å². The molecule has 1 amide bonds. The van der Waals surface area contributed by atoms with E-state index in [0.717, 1.165) is 0 Å². The second-order valence-electron chi connectivity index (χ2n) is 3.99. The van der Waals surface area contributed by atoms with Crippen LogP contribution >= 0.6 is 0 Å². The lowest BCUT2D eigenvalue weighted by Gasteiger charge is -2.22. The van der Waals surface area contributed by atoms with Crippen molar-refractivity contribution in [3.05, 3.63) is 0 Å². The average Bonchev–Trinajstić information content (AvgIpc) is 2.32. The van der Waals surface area contributed by atoms with Gasteiger partial charge in [-0.15, -0.1) is 0 Å². The van der Waals surface area contributed by atoms with E-state index in [0.29, 0.717) is 19.4 Å². The molecule has 0 aromatic rings. The van der Waals surface area contributed by atoms with Gasteiger partial charge >= 0.3 is 5.97 Å². The van der Waals surface area contributed by atoms with Crippen molar-refractivity contribution in [2.75, 3.05) is 6.54 Å². The fraction of sp³-hybridized carbons (Fsp3) is 0.778. The number of hydrogen-bond acceptors (Lipinski definition) is 2. The van der Waals surface area contributed by atoms with Gasteiger partial charge in [-0.1, -0.05) is 13.8 Å². The lowest BCUT2D eigenvalue weighted by Crippen LogP contribution is -2.39. The minimum Gasteiger partial charge on any atom is -0.480 e. The molecule has 1 aliphatic heterocycles. The zero-order valence-electron chi connectivity index (χ0n) is 7.96. The first kappa shape index (κ1) is 10.0. The van der Waals surface area contributed by atoms with Crippen molar-refractivity contribution in [2.45, 2.75) is 26.7 Å². The maximum atomic E-state index is 11.4. The molecule has 0 spiro atoms. The number of carbonyl (C=O) groups is 2. The summed E-state index contributed by atoms with van der Waals surface area (Å²) in [6.07, 6.45) is 0.841. The Bertz CT molecular complexity index is 237. The monoisotopic (exact) mass is 185 g/mol. The highest BCUT2D eigenvalue weighted by atomic mass is 16.4. The molecule has 4 nitrogen and oxygen atoms in total. The number of amides is 1. The normalized spacial score (nSPS) is 27.8. The zero-order valence-corrected chi connectivity index (χ0v) is 7.96. The molecule has 4 heteroatoms. The van der Waals surface area contributed by atoms with Crippen LogP contribution in [0.2, 0.25) is 0 Å². The average molecular weight is 185 g/mol. The van der Waals surface area contributed by atoms with E-state index < -0.39 is 11.4 Å². The second kappa shape index (κ2) is 3.36. The van der Waals surface area contributed by atoms with Gasteiger partial charge in [0.25, 0.3) is 0 Å². The van der Waals surface area contributed by atoms with Crippen molar-refractivity contribution in [3.63, 3.8) is 0 Å². The summed E-state index contributed by atoms with van der Waals surface area (Å²) in [5.41, 5.74) is -1.16. The summed E-state index contributed by atoms with van der Waals surface area (Å²) in [6, 6.07) is 0. The minimum atomic E-state index is -1.16. The Labute approximate surface area is 77.3 Å². The topological polar surface area (TPSA) is 66.4 Å². The third-order valence-corrected chi connectivity index (χ3v) is 2.44. The molecular formula is C9H15NO3. The van der Waals surface area contributed by atoms with E-state index in [2.05, 4.69) is 5.32 Å². The molecule has 2 N–H and O–H groups in total. The number of aliphatic carboxylic acids is 1. The fourth-order valence-electron chi connectivity index (χ4n) is 1.86. The third kappa shape index (κ3) is 1.66. The molecule has 13 heavy (non-hydrogen) atoms. The Morgan fingerprint density at radius 1 is 1.69 bits per heavy atom. The Kier molecular flexibility index (Phi) is 2.59. The molecule has 0 aliphatic carbocycles. The van der Waals surface area contributed by atoms with Gasteiger partial charge in [0, 0.05) is 6.54 Å². The van der Waals surface area contributed by atoms with E-state index >= 15 is 0 Å². The smallest absolute Gasteiger partial charge is 0.319 e. The van der Waals surface area contributed by atoms with Gasteiger partial charge in [-0.3, -0.25) is 9.59 Å². The van der Waals surface area contributed by atoms with Crippen LogP contribution in [-0.2, 0) is 9.59 Å². The van der Waals surface area contributed by atoms with Gasteiger partial charge in [-0.05, 0) is 18.8 Å². The molecule has 0 saturated carbocycles. The quantitative estimate of drug-likeness (QED) is 0.633. The maximum absolute atomic E-state index is 11.4. The van der Waals surface area contributed by atoms with Crippen LogP contribution in [0.15, 0.2) is 0 Å². The van der Waals surface area contributed by atoms with Crippen LogP contribution in [-0.4, -0.2) is 23.5 Å². The maximum Gasteiger partial charge on any atom is 0.319 e. The van der Waals surface area contributed by atoms with Crippen molar-refractivity contribution >= 4 is 11.9 Å². The second-order valence-corrected chi connectivity index (χ2v) is 3.99. The van der Waals surface area contributed by atoms with Crippen LogP contribution in [0.3, 0.4) is 0 Å². The lowest BCUT2D eigenvalue weighted by molar-refractivity contribution is -0.154. The number of carboxylic acids is 1. The predicted molar refractivity (Wildman–Crippen MR) is 47.2 cm³/mol. The Hall–Kier alpha value is -1.06. The first-order chi connectivity index (χ1) is 5.99. The molecule has 1 heterocycles. The first-order valence-electron chi connectivity index (χ1n) is 4.51. The van der Waals surface area contributed by atoms with E-state index in [1.165, 1.54) is 0 Å². The van der Waals surface area contributed by atoms with Crippen LogP contribution in [0.25, 0.3) is 0 Å². The summed E-state index contributed by atoms with van der Waals surface area (Å²) in [7, 11) is 0. The van der Waals surface area contributed by atoms with E-state index in [4.69, 9.17) is 5.11 Å². The molecule has 1 atom stereocenters. The number of carboxylic acid groups (broad SMARTS) is 1. The first-order valence-corrected chi connectivity index (χ1v) is 4.51. The number of hydrogen-bond donors (Lipinski definition) is 2. The molecule has 1 aliphatic rings. The van der Waals surface area contributed by atoms with Crippen LogP contribution < -0.4 is 5.32 Å². The lowest BCUT2D eigenvalue weighted by atomic mass is 9.79. The number of carbonyl (C=O) groups excluding carboxylic acids is 1. The molecule has 0 bridgehead atoms. The Morgan fingerprint density at radius 2 is 2.31 bits per heavy atom. The summed E-state index contributed by atoms with van der Waals surface area (Å²) in [5, 5.41) is 11.6. The molecule has 1 saturated heterocycles. The third-order valence-electron chi connectivity index (χ3n) is 2.44. The van der Waals surface area contributed by atoms with Gasteiger partial charge < -0.3 is 10.4 Å². The van der Waals surface area contributed by atoms with Gasteiger partial charge in [-0.2, -0.15) is 0 Å². The number of rotatable bonds is 3. The summed E-state index contributed by atoms with van der Waals surface area (Å²) >= 11 is 0. The molecule has 1 rings (SSSR count). The molecule has 0 aromatic carbocycles. The van der Waals surface area contributed by atoms with E-state index in [1.807, 2.05) is 13.8 Å². The summed E-state index contributed by atoms with van der Waals surface area (Å²) in [5.74, 6) is -1.09. The van der Waals surface area contributed by atoms with Crippen molar-refractivity contribution in [1.29, 1.82) is 0 Å². The van der Waals surface area contributed by atoms with Crippen molar-refractivity contribution in [1.82, 2.24) is 5.32 Å². The van der Waals surface area contributed by atoms with Gasteiger partial charge in [-0.25, -0.2) is 0 Å². The largest absolute Gasteiger partial charge is 0.480 e. The van der Waals surface area contributed by atoms with Crippen LogP contribution in [0, 0.1) is 11.3 Å². The van der Waals surface area contributed by atoms with Gasteiger partial charge in [0.2, 0.25) is 5.91 Å². The van der Waals surface area contributed by atoms with E-state index in [9.17, 15) is 9.59 Å². The standard InChI is InChI=1S/C9H15NO3/c1-6(2)5-9(8(12)13)3-4-10-7(9)11/h6H,3-5H2,1-2H3,(H,10,11)(H,12,13)/t9-/m1/s1. The zero-order chi connectivity index (χ0) is 10.1.